The van der Waals surface area contributed by atoms with Crippen LogP contribution in [0.25, 0.3) is 0 Å². The summed E-state index contributed by atoms with van der Waals surface area (Å²) in [6, 6.07) is 0. The Bertz CT molecular complexity index is 124. The second-order valence-corrected chi connectivity index (χ2v) is 3.80. The summed E-state index contributed by atoms with van der Waals surface area (Å²) < 4.78 is 11.0. The molecule has 2 heterocycles. The van der Waals surface area contributed by atoms with Crippen LogP contribution in [0.2, 0.25) is 0 Å². The normalized spacial score (nSPS) is 53.4. The molecule has 0 aromatic heterocycles. The lowest BCUT2D eigenvalue weighted by Gasteiger charge is -2.10. The van der Waals surface area contributed by atoms with Crippen LogP contribution < -0.4 is 0 Å². The first-order chi connectivity index (χ1) is 4.79. The van der Waals surface area contributed by atoms with E-state index in [4.69, 9.17) is 9.47 Å². The van der Waals surface area contributed by atoms with Crippen LogP contribution in [0.1, 0.15) is 6.92 Å². The first-order valence-corrected chi connectivity index (χ1v) is 4.22. The van der Waals surface area contributed by atoms with Crippen molar-refractivity contribution in [2.45, 2.75) is 24.4 Å². The van der Waals surface area contributed by atoms with Gasteiger partial charge in [0.2, 0.25) is 0 Å². The van der Waals surface area contributed by atoms with E-state index in [2.05, 4.69) is 19.6 Å². The maximum atomic E-state index is 5.50. The first-order valence-electron chi connectivity index (χ1n) is 3.70. The van der Waals surface area contributed by atoms with E-state index in [1.54, 1.807) is 0 Å². The van der Waals surface area contributed by atoms with E-state index >= 15 is 0 Å². The number of ether oxygens (including phenoxy) is 2. The summed E-state index contributed by atoms with van der Waals surface area (Å²) in [6.45, 7) is 3.76. The molecule has 2 nitrogen and oxygen atoms in total. The second kappa shape index (κ2) is 2.40. The molecule has 0 saturated carbocycles. The van der Waals surface area contributed by atoms with E-state index in [9.17, 15) is 0 Å². The minimum absolute atomic E-state index is 0.262. The molecule has 2 fully saturated rings. The van der Waals surface area contributed by atoms with Crippen LogP contribution in [0.15, 0.2) is 0 Å². The zero-order valence-corrected chi connectivity index (χ0v) is 6.88. The van der Waals surface area contributed by atoms with E-state index in [0.29, 0.717) is 17.3 Å². The Morgan fingerprint density at radius 1 is 1.20 bits per heavy atom. The minimum Gasteiger partial charge on any atom is -0.374 e. The Labute approximate surface area is 66.3 Å². The van der Waals surface area contributed by atoms with Crippen molar-refractivity contribution >= 4 is 12.6 Å². The Kier molecular flexibility index (Phi) is 1.66. The summed E-state index contributed by atoms with van der Waals surface area (Å²) in [4.78, 5) is 0. The van der Waals surface area contributed by atoms with Crippen molar-refractivity contribution in [1.82, 2.24) is 0 Å². The number of fused-ring (bicyclic) bond motifs is 1. The lowest BCUT2D eigenvalue weighted by molar-refractivity contribution is 0.0660. The van der Waals surface area contributed by atoms with Crippen molar-refractivity contribution in [2.75, 3.05) is 13.2 Å². The molecule has 0 radical (unpaired) electrons. The Morgan fingerprint density at radius 3 is 2.60 bits per heavy atom. The number of hydrogen-bond acceptors (Lipinski definition) is 3. The molecule has 4 unspecified atom stereocenters. The molecular formula is C7H12O2S. The monoisotopic (exact) mass is 160 g/mol. The van der Waals surface area contributed by atoms with Crippen molar-refractivity contribution in [3.8, 4) is 0 Å². The Balaban J connectivity index is 2.09. The first kappa shape index (κ1) is 6.95. The summed E-state index contributed by atoms with van der Waals surface area (Å²) in [7, 11) is 0. The molecule has 0 amide bonds. The van der Waals surface area contributed by atoms with Gasteiger partial charge in [0.25, 0.3) is 0 Å². The molecule has 0 aromatic rings. The molecule has 4 atom stereocenters. The third-order valence-electron chi connectivity index (χ3n) is 2.27. The molecule has 2 aliphatic heterocycles. The lowest BCUT2D eigenvalue weighted by atomic mass is 10.0. The van der Waals surface area contributed by atoms with Crippen LogP contribution in [0.5, 0.6) is 0 Å². The molecule has 0 N–H and O–H groups in total. The van der Waals surface area contributed by atoms with Gasteiger partial charge >= 0.3 is 0 Å². The van der Waals surface area contributed by atoms with Crippen LogP contribution in [0, 0.1) is 5.92 Å². The predicted molar refractivity (Wildman–Crippen MR) is 41.4 cm³/mol. The van der Waals surface area contributed by atoms with Crippen molar-refractivity contribution in [3.05, 3.63) is 0 Å². The standard InChI is InChI=1S/C7H12O2S/c1-4-2-8-7-5(10)3-9-6(4)7/h4-7,10H,2-3H2,1H3. The van der Waals surface area contributed by atoms with E-state index in [1.807, 2.05) is 0 Å². The van der Waals surface area contributed by atoms with E-state index in [1.165, 1.54) is 0 Å². The number of thiol groups is 1. The van der Waals surface area contributed by atoms with Gasteiger partial charge in [-0.25, -0.2) is 0 Å². The molecular weight excluding hydrogens is 148 g/mol. The van der Waals surface area contributed by atoms with Crippen molar-refractivity contribution in [1.29, 1.82) is 0 Å². The van der Waals surface area contributed by atoms with Crippen LogP contribution in [-0.4, -0.2) is 30.7 Å². The van der Waals surface area contributed by atoms with Gasteiger partial charge in [-0.1, -0.05) is 6.92 Å². The summed E-state index contributed by atoms with van der Waals surface area (Å²) in [6.07, 6.45) is 0.584. The van der Waals surface area contributed by atoms with Gasteiger partial charge in [0.05, 0.1) is 30.7 Å². The average molecular weight is 160 g/mol. The largest absolute Gasteiger partial charge is 0.374 e. The third-order valence-corrected chi connectivity index (χ3v) is 2.72. The average Bonchev–Trinajstić information content (AvgIpc) is 2.41. The van der Waals surface area contributed by atoms with Crippen molar-refractivity contribution in [3.63, 3.8) is 0 Å². The molecule has 10 heavy (non-hydrogen) atoms. The van der Waals surface area contributed by atoms with Crippen LogP contribution in [0.3, 0.4) is 0 Å². The topological polar surface area (TPSA) is 18.5 Å². The fraction of sp³-hybridized carbons (Fsp3) is 1.00. The molecule has 0 aliphatic carbocycles. The van der Waals surface area contributed by atoms with E-state index < -0.39 is 0 Å². The SMILES string of the molecule is CC1COC2C(S)COC12. The molecule has 58 valence electrons. The summed E-state index contributed by atoms with van der Waals surface area (Å²) in [5, 5.41) is 0.301. The molecule has 0 aromatic carbocycles. The molecule has 3 heteroatoms. The van der Waals surface area contributed by atoms with Gasteiger partial charge in [0.15, 0.2) is 0 Å². The highest BCUT2D eigenvalue weighted by atomic mass is 32.1. The highest BCUT2D eigenvalue weighted by Crippen LogP contribution is 2.32. The van der Waals surface area contributed by atoms with Gasteiger partial charge in [-0.15, -0.1) is 0 Å². The van der Waals surface area contributed by atoms with E-state index in [-0.39, 0.29) is 6.10 Å². The summed E-state index contributed by atoms with van der Waals surface area (Å²) in [5.74, 6) is 0.558. The Hall–Kier alpha value is 0.270. The maximum absolute atomic E-state index is 5.50. The fourth-order valence-electron chi connectivity index (χ4n) is 1.67. The molecule has 2 rings (SSSR count). The maximum Gasteiger partial charge on any atom is 0.0978 e. The fourth-order valence-corrected chi connectivity index (χ4v) is 2.01. The van der Waals surface area contributed by atoms with Crippen molar-refractivity contribution < 1.29 is 9.47 Å². The van der Waals surface area contributed by atoms with E-state index in [0.717, 1.165) is 13.2 Å². The molecule has 0 bridgehead atoms. The second-order valence-electron chi connectivity index (χ2n) is 3.14. The lowest BCUT2D eigenvalue weighted by Crippen LogP contribution is -2.25. The highest BCUT2D eigenvalue weighted by molar-refractivity contribution is 7.81. The van der Waals surface area contributed by atoms with Crippen LogP contribution >= 0.6 is 12.6 Å². The smallest absolute Gasteiger partial charge is 0.0978 e. The number of rotatable bonds is 0. The Morgan fingerprint density at radius 2 is 1.90 bits per heavy atom. The molecule has 0 spiro atoms. The van der Waals surface area contributed by atoms with Crippen molar-refractivity contribution in [2.24, 2.45) is 5.92 Å². The van der Waals surface area contributed by atoms with Gasteiger partial charge in [0, 0.05) is 5.92 Å². The molecule has 2 saturated heterocycles. The van der Waals surface area contributed by atoms with Crippen LogP contribution in [0.4, 0.5) is 0 Å². The predicted octanol–water partition coefficient (Wildman–Crippen LogP) is 0.718. The quantitative estimate of drug-likeness (QED) is 0.526. The zero-order valence-electron chi connectivity index (χ0n) is 5.99. The molecule has 2 aliphatic rings. The van der Waals surface area contributed by atoms with Gasteiger partial charge < -0.3 is 9.47 Å². The highest BCUT2D eigenvalue weighted by Gasteiger charge is 2.44. The summed E-state index contributed by atoms with van der Waals surface area (Å²) in [5.41, 5.74) is 0. The van der Waals surface area contributed by atoms with Gasteiger partial charge in [-0.2, -0.15) is 12.6 Å². The third kappa shape index (κ3) is 0.881. The van der Waals surface area contributed by atoms with Gasteiger partial charge in [-0.3, -0.25) is 0 Å². The zero-order chi connectivity index (χ0) is 7.14. The summed E-state index contributed by atoms with van der Waals surface area (Å²) >= 11 is 4.36. The minimum atomic E-state index is 0.262. The van der Waals surface area contributed by atoms with Crippen LogP contribution in [-0.2, 0) is 9.47 Å². The van der Waals surface area contributed by atoms with Gasteiger partial charge in [0.1, 0.15) is 0 Å². The van der Waals surface area contributed by atoms with Gasteiger partial charge in [-0.05, 0) is 0 Å². The number of hydrogen-bond donors (Lipinski definition) is 1.